The van der Waals surface area contributed by atoms with E-state index in [9.17, 15) is 0 Å². The first-order valence-electron chi connectivity index (χ1n) is 7.46. The number of allylic oxidation sites excluding steroid dienone is 1. The molecule has 0 spiro atoms. The van der Waals surface area contributed by atoms with Gasteiger partial charge in [-0.1, -0.05) is 54.6 Å². The molecule has 0 saturated heterocycles. The average Bonchev–Trinajstić information content (AvgIpc) is 3.10. The van der Waals surface area contributed by atoms with Gasteiger partial charge in [0.2, 0.25) is 0 Å². The molecule has 0 unspecified atom stereocenters. The number of benzene rings is 2. The summed E-state index contributed by atoms with van der Waals surface area (Å²) in [5.41, 5.74) is 2.62. The van der Waals surface area contributed by atoms with Crippen molar-refractivity contribution in [1.82, 2.24) is 0 Å². The Kier molecular flexibility index (Phi) is 3.53. The lowest BCUT2D eigenvalue weighted by molar-refractivity contribution is 0.487. The van der Waals surface area contributed by atoms with E-state index < -0.39 is 0 Å². The number of thiophene rings is 1. The van der Waals surface area contributed by atoms with Crippen LogP contribution >= 0.6 is 11.3 Å². The standard InChI is InChI=1S/C20H16OS/c1-2-7-15(8-3-1)13-16-14-19(20-11-6-12-22-20)21-18-10-5-4-9-17(16)18/h1-12,14,16H,13H2/t16-/m0/s1. The van der Waals surface area contributed by atoms with Crippen LogP contribution in [0.1, 0.15) is 21.9 Å². The van der Waals surface area contributed by atoms with Crippen molar-refractivity contribution in [3.63, 3.8) is 0 Å². The van der Waals surface area contributed by atoms with Crippen LogP contribution in [-0.4, -0.2) is 0 Å². The normalized spacial score (nSPS) is 16.5. The molecular formula is C20H16OS. The van der Waals surface area contributed by atoms with Crippen LogP contribution in [0.4, 0.5) is 0 Å². The highest BCUT2D eigenvalue weighted by Gasteiger charge is 2.22. The Labute approximate surface area is 134 Å². The summed E-state index contributed by atoms with van der Waals surface area (Å²) in [7, 11) is 0. The van der Waals surface area contributed by atoms with Gasteiger partial charge in [-0.2, -0.15) is 0 Å². The fourth-order valence-electron chi connectivity index (χ4n) is 2.89. The molecular weight excluding hydrogens is 288 g/mol. The van der Waals surface area contributed by atoms with E-state index in [-0.39, 0.29) is 0 Å². The summed E-state index contributed by atoms with van der Waals surface area (Å²) in [5, 5.41) is 2.09. The quantitative estimate of drug-likeness (QED) is 0.620. The first kappa shape index (κ1) is 13.4. The Morgan fingerprint density at radius 3 is 2.50 bits per heavy atom. The van der Waals surface area contributed by atoms with Gasteiger partial charge in [-0.15, -0.1) is 11.3 Å². The monoisotopic (exact) mass is 304 g/mol. The van der Waals surface area contributed by atoms with E-state index in [0.29, 0.717) is 5.92 Å². The van der Waals surface area contributed by atoms with E-state index in [1.54, 1.807) is 11.3 Å². The van der Waals surface area contributed by atoms with Crippen molar-refractivity contribution in [2.24, 2.45) is 0 Å². The van der Waals surface area contributed by atoms with Gasteiger partial charge in [0.05, 0.1) is 4.88 Å². The average molecular weight is 304 g/mol. The minimum atomic E-state index is 0.351. The molecule has 2 heteroatoms. The molecule has 0 aliphatic carbocycles. The molecule has 3 aromatic rings. The van der Waals surface area contributed by atoms with Crippen LogP contribution in [0, 0.1) is 0 Å². The molecule has 1 aliphatic heterocycles. The Balaban J connectivity index is 1.73. The summed E-state index contributed by atoms with van der Waals surface area (Å²) in [4.78, 5) is 1.19. The molecule has 0 radical (unpaired) electrons. The minimum absolute atomic E-state index is 0.351. The molecule has 1 aromatic heterocycles. The van der Waals surface area contributed by atoms with Crippen LogP contribution < -0.4 is 4.74 Å². The van der Waals surface area contributed by atoms with Crippen molar-refractivity contribution in [2.45, 2.75) is 12.3 Å². The van der Waals surface area contributed by atoms with Crippen molar-refractivity contribution in [3.05, 3.63) is 94.2 Å². The van der Waals surface area contributed by atoms with Gasteiger partial charge in [-0.3, -0.25) is 0 Å². The maximum atomic E-state index is 6.12. The van der Waals surface area contributed by atoms with Crippen molar-refractivity contribution >= 4 is 17.1 Å². The predicted octanol–water partition coefficient (Wildman–Crippen LogP) is 5.51. The Hall–Kier alpha value is -2.32. The molecule has 0 bridgehead atoms. The SMILES string of the molecule is C1=C(c2cccs2)Oc2ccccc2[C@H]1Cc1ccccc1. The number of hydrogen-bond acceptors (Lipinski definition) is 2. The summed E-state index contributed by atoms with van der Waals surface area (Å²) in [6.45, 7) is 0. The van der Waals surface area contributed by atoms with Crippen molar-refractivity contribution < 1.29 is 4.74 Å². The van der Waals surface area contributed by atoms with Crippen LogP contribution in [0.15, 0.2) is 78.2 Å². The maximum Gasteiger partial charge on any atom is 0.141 e. The Bertz CT molecular complexity index is 788. The third-order valence-corrected chi connectivity index (χ3v) is 4.84. The smallest absolute Gasteiger partial charge is 0.141 e. The number of para-hydroxylation sites is 1. The first-order valence-corrected chi connectivity index (χ1v) is 8.34. The highest BCUT2D eigenvalue weighted by atomic mass is 32.1. The summed E-state index contributed by atoms with van der Waals surface area (Å²) < 4.78 is 6.12. The molecule has 108 valence electrons. The lowest BCUT2D eigenvalue weighted by atomic mass is 9.89. The summed E-state index contributed by atoms with van der Waals surface area (Å²) in [6, 6.07) is 23.2. The van der Waals surface area contributed by atoms with Crippen LogP contribution in [-0.2, 0) is 6.42 Å². The van der Waals surface area contributed by atoms with Crippen molar-refractivity contribution in [1.29, 1.82) is 0 Å². The van der Waals surface area contributed by atoms with Gasteiger partial charge in [0, 0.05) is 11.5 Å². The van der Waals surface area contributed by atoms with Gasteiger partial charge in [-0.05, 0) is 35.6 Å². The molecule has 1 nitrogen and oxygen atoms in total. The summed E-state index contributed by atoms with van der Waals surface area (Å²) in [5.74, 6) is 2.31. The van der Waals surface area contributed by atoms with E-state index in [4.69, 9.17) is 4.74 Å². The van der Waals surface area contributed by atoms with Crippen LogP contribution in [0.5, 0.6) is 5.75 Å². The third kappa shape index (κ3) is 2.58. The van der Waals surface area contributed by atoms with Gasteiger partial charge in [0.25, 0.3) is 0 Å². The zero-order valence-electron chi connectivity index (χ0n) is 12.1. The highest BCUT2D eigenvalue weighted by molar-refractivity contribution is 7.11. The van der Waals surface area contributed by atoms with Gasteiger partial charge >= 0.3 is 0 Å². The molecule has 0 fully saturated rings. The zero-order chi connectivity index (χ0) is 14.8. The minimum Gasteiger partial charge on any atom is -0.456 e. The molecule has 1 aliphatic rings. The number of rotatable bonds is 3. The second kappa shape index (κ2) is 5.82. The van der Waals surface area contributed by atoms with Crippen molar-refractivity contribution in [3.8, 4) is 5.75 Å². The van der Waals surface area contributed by atoms with E-state index in [2.05, 4.69) is 72.1 Å². The predicted molar refractivity (Wildman–Crippen MR) is 92.3 cm³/mol. The lowest BCUT2D eigenvalue weighted by Crippen LogP contribution is -2.10. The molecule has 0 amide bonds. The summed E-state index contributed by atoms with van der Waals surface area (Å²) >= 11 is 1.72. The first-order chi connectivity index (χ1) is 10.9. The number of hydrogen-bond donors (Lipinski definition) is 0. The van der Waals surface area contributed by atoms with Gasteiger partial charge in [0.15, 0.2) is 0 Å². The molecule has 1 atom stereocenters. The van der Waals surface area contributed by atoms with Crippen LogP contribution in [0.3, 0.4) is 0 Å². The molecule has 4 rings (SSSR count). The topological polar surface area (TPSA) is 9.23 Å². The zero-order valence-corrected chi connectivity index (χ0v) is 12.9. The van der Waals surface area contributed by atoms with E-state index in [0.717, 1.165) is 17.9 Å². The molecule has 2 aromatic carbocycles. The van der Waals surface area contributed by atoms with E-state index >= 15 is 0 Å². The van der Waals surface area contributed by atoms with E-state index in [1.807, 2.05) is 6.07 Å². The van der Waals surface area contributed by atoms with Crippen LogP contribution in [0.2, 0.25) is 0 Å². The second-order valence-corrected chi connectivity index (χ2v) is 6.39. The molecule has 0 saturated carbocycles. The largest absolute Gasteiger partial charge is 0.456 e. The van der Waals surface area contributed by atoms with E-state index in [1.165, 1.54) is 16.0 Å². The van der Waals surface area contributed by atoms with Gasteiger partial charge in [-0.25, -0.2) is 0 Å². The van der Waals surface area contributed by atoms with Crippen molar-refractivity contribution in [2.75, 3.05) is 0 Å². The Morgan fingerprint density at radius 2 is 1.68 bits per heavy atom. The maximum absolute atomic E-state index is 6.12. The number of fused-ring (bicyclic) bond motifs is 1. The molecule has 0 N–H and O–H groups in total. The van der Waals surface area contributed by atoms with Crippen LogP contribution in [0.25, 0.3) is 5.76 Å². The molecule has 2 heterocycles. The second-order valence-electron chi connectivity index (χ2n) is 5.44. The summed E-state index contributed by atoms with van der Waals surface area (Å²) in [6.07, 6.45) is 3.26. The molecule has 22 heavy (non-hydrogen) atoms. The van der Waals surface area contributed by atoms with Gasteiger partial charge < -0.3 is 4.74 Å². The fraction of sp³-hybridized carbons (Fsp3) is 0.100. The number of ether oxygens (including phenoxy) is 1. The highest BCUT2D eigenvalue weighted by Crippen LogP contribution is 2.39. The van der Waals surface area contributed by atoms with Gasteiger partial charge in [0.1, 0.15) is 11.5 Å². The fourth-order valence-corrected chi connectivity index (χ4v) is 3.58. The lowest BCUT2D eigenvalue weighted by Gasteiger charge is -2.24. The third-order valence-electron chi connectivity index (χ3n) is 3.95. The Morgan fingerprint density at radius 1 is 0.864 bits per heavy atom.